The summed E-state index contributed by atoms with van der Waals surface area (Å²) in [5.74, 6) is -0.784. The van der Waals surface area contributed by atoms with Gasteiger partial charge in [0.1, 0.15) is 0 Å². The van der Waals surface area contributed by atoms with E-state index < -0.39 is 18.2 Å². The molecule has 0 saturated heterocycles. The molecule has 1 radical (unpaired) electrons. The maximum atomic E-state index is 10.9. The zero-order valence-corrected chi connectivity index (χ0v) is 8.75. The normalized spacial score (nSPS) is 10.0. The summed E-state index contributed by atoms with van der Waals surface area (Å²) < 4.78 is 9.43. The van der Waals surface area contributed by atoms with Crippen molar-refractivity contribution >= 4 is 11.9 Å². The molecule has 0 N–H and O–H groups in total. The average molecular weight is 201 g/mol. The number of hydrogen-bond donors (Lipinski definition) is 0. The van der Waals surface area contributed by atoms with Crippen LogP contribution in [0.15, 0.2) is 0 Å². The minimum Gasteiger partial charge on any atom is -0.425 e. The van der Waals surface area contributed by atoms with Gasteiger partial charge < -0.3 is 9.47 Å². The molecule has 4 heteroatoms. The predicted molar refractivity (Wildman–Crippen MR) is 51.1 cm³/mol. The molecular formula is C10H17O4. The van der Waals surface area contributed by atoms with Gasteiger partial charge in [-0.2, -0.15) is 0 Å². The van der Waals surface area contributed by atoms with E-state index in [0.29, 0.717) is 25.7 Å². The summed E-state index contributed by atoms with van der Waals surface area (Å²) in [6.45, 7) is 7.12. The van der Waals surface area contributed by atoms with E-state index in [1.807, 2.05) is 13.8 Å². The van der Waals surface area contributed by atoms with Crippen molar-refractivity contribution < 1.29 is 19.1 Å². The van der Waals surface area contributed by atoms with Crippen molar-refractivity contribution in [3.05, 3.63) is 6.92 Å². The Balaban J connectivity index is 3.68. The van der Waals surface area contributed by atoms with Gasteiger partial charge in [0.05, 0.1) is 0 Å². The van der Waals surface area contributed by atoms with Gasteiger partial charge in [-0.3, -0.25) is 9.59 Å². The predicted octanol–water partition coefficient (Wildman–Crippen LogP) is 1.83. The highest BCUT2D eigenvalue weighted by Crippen LogP contribution is 2.01. The maximum Gasteiger partial charge on any atom is 0.308 e. The number of carbonyl (C=O) groups excluding carboxylic acids is 2. The maximum absolute atomic E-state index is 10.9. The second-order valence-electron chi connectivity index (χ2n) is 2.91. The van der Waals surface area contributed by atoms with E-state index in [0.717, 1.165) is 0 Å². The fourth-order valence-corrected chi connectivity index (χ4v) is 0.843. The highest BCUT2D eigenvalue weighted by atomic mass is 16.7. The van der Waals surface area contributed by atoms with Gasteiger partial charge in [0.25, 0.3) is 0 Å². The monoisotopic (exact) mass is 201 g/mol. The van der Waals surface area contributed by atoms with Gasteiger partial charge in [0.15, 0.2) is 0 Å². The lowest BCUT2D eigenvalue weighted by molar-refractivity contribution is -0.179. The third-order valence-corrected chi connectivity index (χ3v) is 1.43. The molecule has 0 rings (SSSR count). The van der Waals surface area contributed by atoms with E-state index in [1.54, 1.807) is 0 Å². The Morgan fingerprint density at radius 3 is 1.71 bits per heavy atom. The van der Waals surface area contributed by atoms with Crippen molar-refractivity contribution in [2.45, 2.75) is 45.8 Å². The number of ether oxygens (including phenoxy) is 2. The van der Waals surface area contributed by atoms with Crippen molar-refractivity contribution in [2.75, 3.05) is 0 Å². The molecule has 0 aliphatic rings. The van der Waals surface area contributed by atoms with E-state index in [-0.39, 0.29) is 0 Å². The van der Waals surface area contributed by atoms with Crippen molar-refractivity contribution in [3.8, 4) is 0 Å². The van der Waals surface area contributed by atoms with Gasteiger partial charge in [-0.05, 0) is 12.8 Å². The molecule has 0 heterocycles. The van der Waals surface area contributed by atoms with Crippen LogP contribution in [-0.2, 0) is 19.1 Å². The molecule has 0 bridgehead atoms. The molecule has 0 aliphatic heterocycles. The summed E-state index contributed by atoms with van der Waals surface area (Å²) in [4.78, 5) is 21.9. The first kappa shape index (κ1) is 12.9. The number of esters is 2. The van der Waals surface area contributed by atoms with Crippen LogP contribution < -0.4 is 0 Å². The average Bonchev–Trinajstić information content (AvgIpc) is 2.03. The molecule has 0 atom stereocenters. The first-order valence-corrected chi connectivity index (χ1v) is 4.82. The summed E-state index contributed by atoms with van der Waals surface area (Å²) in [5.41, 5.74) is 0. The van der Waals surface area contributed by atoms with Gasteiger partial charge in [0, 0.05) is 19.8 Å². The first-order chi connectivity index (χ1) is 6.60. The fraction of sp³-hybridized carbons (Fsp3) is 0.700. The lowest BCUT2D eigenvalue weighted by atomic mass is 10.3. The fourth-order valence-electron chi connectivity index (χ4n) is 0.843. The number of rotatable bonds is 6. The molecule has 0 aromatic carbocycles. The van der Waals surface area contributed by atoms with Crippen LogP contribution in [0.5, 0.6) is 0 Å². The highest BCUT2D eigenvalue weighted by molar-refractivity contribution is 5.71. The number of carbonyl (C=O) groups is 2. The van der Waals surface area contributed by atoms with E-state index in [9.17, 15) is 9.59 Å². The van der Waals surface area contributed by atoms with Crippen LogP contribution in [0.3, 0.4) is 0 Å². The molecule has 0 saturated carbocycles. The summed E-state index contributed by atoms with van der Waals surface area (Å²) >= 11 is 0. The zero-order valence-electron chi connectivity index (χ0n) is 8.75. The molecule has 0 spiro atoms. The molecule has 0 amide bonds. The molecule has 0 aliphatic carbocycles. The molecule has 0 unspecified atom stereocenters. The van der Waals surface area contributed by atoms with Crippen LogP contribution in [0.1, 0.15) is 39.5 Å². The van der Waals surface area contributed by atoms with Crippen molar-refractivity contribution in [1.29, 1.82) is 0 Å². The van der Waals surface area contributed by atoms with Crippen LogP contribution in [0, 0.1) is 6.92 Å². The molecule has 81 valence electrons. The lowest BCUT2D eigenvalue weighted by Crippen LogP contribution is -2.21. The van der Waals surface area contributed by atoms with Gasteiger partial charge in [-0.1, -0.05) is 13.8 Å². The van der Waals surface area contributed by atoms with Gasteiger partial charge >= 0.3 is 11.9 Å². The Bertz CT molecular complexity index is 169. The van der Waals surface area contributed by atoms with Gasteiger partial charge in [0.2, 0.25) is 6.29 Å². The summed E-state index contributed by atoms with van der Waals surface area (Å²) in [6, 6.07) is 0. The smallest absolute Gasteiger partial charge is 0.308 e. The largest absolute Gasteiger partial charge is 0.425 e. The van der Waals surface area contributed by atoms with Crippen LogP contribution in [0.25, 0.3) is 0 Å². The Morgan fingerprint density at radius 1 is 1.07 bits per heavy atom. The summed E-state index contributed by atoms with van der Waals surface area (Å²) in [5, 5.41) is 0. The van der Waals surface area contributed by atoms with E-state index in [1.165, 1.54) is 0 Å². The van der Waals surface area contributed by atoms with E-state index in [2.05, 4.69) is 6.92 Å². The van der Waals surface area contributed by atoms with Crippen molar-refractivity contribution in [2.24, 2.45) is 0 Å². The second kappa shape index (κ2) is 7.35. The number of hydrogen-bond acceptors (Lipinski definition) is 4. The zero-order chi connectivity index (χ0) is 11.0. The Kier molecular flexibility index (Phi) is 6.80. The molecule has 14 heavy (non-hydrogen) atoms. The Morgan fingerprint density at radius 2 is 1.43 bits per heavy atom. The Labute approximate surface area is 84.6 Å². The molecule has 4 nitrogen and oxygen atoms in total. The minimum absolute atomic E-state index is 0.317. The molecule has 0 aromatic heterocycles. The van der Waals surface area contributed by atoms with E-state index >= 15 is 0 Å². The van der Waals surface area contributed by atoms with Crippen LogP contribution in [0.2, 0.25) is 0 Å². The lowest BCUT2D eigenvalue weighted by Gasteiger charge is -2.13. The van der Waals surface area contributed by atoms with E-state index in [4.69, 9.17) is 9.47 Å². The first-order valence-electron chi connectivity index (χ1n) is 4.82. The van der Waals surface area contributed by atoms with Crippen LogP contribution in [-0.4, -0.2) is 18.2 Å². The quantitative estimate of drug-likeness (QED) is 0.486. The van der Waals surface area contributed by atoms with Crippen LogP contribution in [0.4, 0.5) is 0 Å². The van der Waals surface area contributed by atoms with Crippen molar-refractivity contribution in [3.63, 3.8) is 0 Å². The molecule has 0 aromatic rings. The third-order valence-electron chi connectivity index (χ3n) is 1.43. The second-order valence-corrected chi connectivity index (χ2v) is 2.91. The van der Waals surface area contributed by atoms with Crippen molar-refractivity contribution in [1.82, 2.24) is 0 Å². The summed E-state index contributed by atoms with van der Waals surface area (Å²) in [7, 11) is 0. The van der Waals surface area contributed by atoms with Gasteiger partial charge in [-0.15, -0.1) is 0 Å². The molecular weight excluding hydrogens is 184 g/mol. The summed E-state index contributed by atoms with van der Waals surface area (Å²) in [6.07, 6.45) is 1.02. The Hall–Kier alpha value is -1.06. The highest BCUT2D eigenvalue weighted by Gasteiger charge is 2.12. The van der Waals surface area contributed by atoms with Gasteiger partial charge in [-0.25, -0.2) is 0 Å². The standard InChI is InChI=1S/C10H17O4/c1-4-6-9(11)13-8(3)14-10(12)7-5-2/h8H,3-7H2,1-2H3. The van der Waals surface area contributed by atoms with Crippen LogP contribution >= 0.6 is 0 Å². The third kappa shape index (κ3) is 6.46. The SMILES string of the molecule is [CH2]C(OC(=O)CCC)OC(=O)CCC. The molecule has 0 fully saturated rings. The minimum atomic E-state index is -1.02. The topological polar surface area (TPSA) is 52.6 Å².